The van der Waals surface area contributed by atoms with Crippen molar-refractivity contribution in [3.8, 4) is 0 Å². The normalized spacial score (nSPS) is 11.0. The van der Waals surface area contributed by atoms with Gasteiger partial charge in [-0.2, -0.15) is 0 Å². The van der Waals surface area contributed by atoms with E-state index in [4.69, 9.17) is 0 Å². The molecule has 0 aromatic carbocycles. The molecule has 0 atom stereocenters. The molecule has 0 saturated heterocycles. The Kier molecular flexibility index (Phi) is 3.69. The van der Waals surface area contributed by atoms with Crippen molar-refractivity contribution in [1.82, 2.24) is 0 Å². The molecule has 0 radical (unpaired) electrons. The van der Waals surface area contributed by atoms with Crippen LogP contribution in [0.5, 0.6) is 0 Å². The van der Waals surface area contributed by atoms with Crippen molar-refractivity contribution < 1.29 is 4.57 Å². The first kappa shape index (κ1) is 9.97. The van der Waals surface area contributed by atoms with Crippen LogP contribution in [0.1, 0.15) is 31.4 Å². The number of rotatable bonds is 3. The lowest BCUT2D eigenvalue weighted by atomic mass is 10.1. The second-order valence-corrected chi connectivity index (χ2v) is 3.34. The lowest BCUT2D eigenvalue weighted by Crippen LogP contribution is -2.27. The molecule has 1 heterocycles. The Morgan fingerprint density at radius 1 is 1.46 bits per heavy atom. The Bertz CT molecular complexity index is 300. The molecule has 1 nitrogen and oxygen atoms in total. The molecule has 0 saturated carbocycles. The molecule has 70 valence electrons. The van der Waals surface area contributed by atoms with E-state index < -0.39 is 0 Å². The van der Waals surface area contributed by atoms with Crippen molar-refractivity contribution in [2.45, 2.75) is 26.7 Å². The molecule has 0 bridgehead atoms. The van der Waals surface area contributed by atoms with Crippen molar-refractivity contribution in [1.29, 1.82) is 0 Å². The molecule has 1 rings (SSSR count). The van der Waals surface area contributed by atoms with Gasteiger partial charge in [-0.15, -0.1) is 0 Å². The lowest BCUT2D eigenvalue weighted by molar-refractivity contribution is -0.671. The van der Waals surface area contributed by atoms with Gasteiger partial charge in [0.25, 0.3) is 0 Å². The second-order valence-electron chi connectivity index (χ2n) is 3.34. The summed E-state index contributed by atoms with van der Waals surface area (Å²) >= 11 is 0. The summed E-state index contributed by atoms with van der Waals surface area (Å²) in [6.07, 6.45) is 10.9. The Morgan fingerprint density at radius 3 is 2.85 bits per heavy atom. The zero-order chi connectivity index (χ0) is 9.68. The van der Waals surface area contributed by atoms with Gasteiger partial charge < -0.3 is 0 Å². The molecule has 0 amide bonds. The van der Waals surface area contributed by atoms with E-state index in [0.29, 0.717) is 0 Å². The lowest BCUT2D eigenvalue weighted by Gasteiger charge is -2.01. The van der Waals surface area contributed by atoms with Gasteiger partial charge >= 0.3 is 0 Å². The molecular formula is C12H18N+. The molecule has 0 aliphatic rings. The summed E-state index contributed by atoms with van der Waals surface area (Å²) in [5, 5.41) is 0. The van der Waals surface area contributed by atoms with E-state index in [9.17, 15) is 0 Å². The summed E-state index contributed by atoms with van der Waals surface area (Å²) in [4.78, 5) is 0. The number of aromatic nitrogens is 1. The van der Waals surface area contributed by atoms with E-state index in [-0.39, 0.29) is 0 Å². The van der Waals surface area contributed by atoms with Crippen molar-refractivity contribution in [3.05, 3.63) is 35.7 Å². The molecule has 0 N–H and O–H groups in total. The third kappa shape index (κ3) is 2.69. The number of hydrogen-bond acceptors (Lipinski definition) is 0. The van der Waals surface area contributed by atoms with Gasteiger partial charge in [0, 0.05) is 11.6 Å². The average Bonchev–Trinajstić information content (AvgIpc) is 2.10. The summed E-state index contributed by atoms with van der Waals surface area (Å²) in [6.45, 7) is 4.27. The zero-order valence-electron chi connectivity index (χ0n) is 8.75. The highest BCUT2D eigenvalue weighted by Gasteiger charge is 2.02. The van der Waals surface area contributed by atoms with Crippen molar-refractivity contribution in [3.63, 3.8) is 0 Å². The van der Waals surface area contributed by atoms with Crippen LogP contribution in [0.4, 0.5) is 0 Å². The van der Waals surface area contributed by atoms with Crippen LogP contribution in [-0.4, -0.2) is 0 Å². The van der Waals surface area contributed by atoms with Gasteiger partial charge in [0.1, 0.15) is 7.05 Å². The van der Waals surface area contributed by atoms with Crippen LogP contribution in [0.2, 0.25) is 0 Å². The van der Waals surface area contributed by atoms with Gasteiger partial charge in [-0.05, 0) is 18.9 Å². The van der Waals surface area contributed by atoms with Crippen LogP contribution in [0.25, 0.3) is 6.08 Å². The molecular weight excluding hydrogens is 158 g/mol. The molecule has 1 heteroatoms. The maximum atomic E-state index is 2.21. The van der Waals surface area contributed by atoms with Crippen LogP contribution in [0.3, 0.4) is 0 Å². The third-order valence-electron chi connectivity index (χ3n) is 2.09. The van der Waals surface area contributed by atoms with E-state index in [1.54, 1.807) is 0 Å². The fourth-order valence-electron chi connectivity index (χ4n) is 1.48. The molecule has 0 aliphatic carbocycles. The van der Waals surface area contributed by atoms with Gasteiger partial charge in [-0.1, -0.05) is 25.5 Å². The summed E-state index contributed by atoms with van der Waals surface area (Å²) in [5.41, 5.74) is 2.79. The summed E-state index contributed by atoms with van der Waals surface area (Å²) in [6, 6.07) is 2.21. The third-order valence-corrected chi connectivity index (χ3v) is 2.09. The zero-order valence-corrected chi connectivity index (χ0v) is 8.75. The summed E-state index contributed by atoms with van der Waals surface area (Å²) in [5.74, 6) is 0. The van der Waals surface area contributed by atoms with Crippen LogP contribution in [0, 0.1) is 0 Å². The minimum atomic E-state index is 1.17. The average molecular weight is 176 g/mol. The fourth-order valence-corrected chi connectivity index (χ4v) is 1.48. The van der Waals surface area contributed by atoms with E-state index in [1.165, 1.54) is 24.0 Å². The maximum absolute atomic E-state index is 2.21. The highest BCUT2D eigenvalue weighted by Crippen LogP contribution is 2.10. The van der Waals surface area contributed by atoms with Gasteiger partial charge in [-0.3, -0.25) is 0 Å². The highest BCUT2D eigenvalue weighted by molar-refractivity contribution is 5.51. The Morgan fingerprint density at radius 2 is 2.23 bits per heavy atom. The first-order valence-corrected chi connectivity index (χ1v) is 4.88. The molecule has 0 aliphatic heterocycles. The largest absolute Gasteiger partial charge is 0.207 e. The molecule has 13 heavy (non-hydrogen) atoms. The Labute approximate surface area is 80.7 Å². The van der Waals surface area contributed by atoms with E-state index in [2.05, 4.69) is 56.1 Å². The molecule has 0 unspecified atom stereocenters. The predicted octanol–water partition coefficient (Wildman–Crippen LogP) is 2.50. The van der Waals surface area contributed by atoms with Crippen LogP contribution in [0.15, 0.2) is 24.5 Å². The number of nitrogens with zero attached hydrogens (tertiary/aromatic N) is 1. The first-order valence-electron chi connectivity index (χ1n) is 4.88. The van der Waals surface area contributed by atoms with Gasteiger partial charge in [-0.25, -0.2) is 4.57 Å². The smallest absolute Gasteiger partial charge is 0.176 e. The maximum Gasteiger partial charge on any atom is 0.176 e. The summed E-state index contributed by atoms with van der Waals surface area (Å²) < 4.78 is 2.09. The van der Waals surface area contributed by atoms with Crippen molar-refractivity contribution in [2.75, 3.05) is 0 Å². The fraction of sp³-hybridized carbons (Fsp3) is 0.417. The summed E-state index contributed by atoms with van der Waals surface area (Å²) in [7, 11) is 2.06. The van der Waals surface area contributed by atoms with E-state index in [1.807, 2.05) is 0 Å². The van der Waals surface area contributed by atoms with Crippen molar-refractivity contribution in [2.24, 2.45) is 7.05 Å². The second kappa shape index (κ2) is 4.80. The van der Waals surface area contributed by atoms with Gasteiger partial charge in [0.05, 0.1) is 0 Å². The number of hydrogen-bond donors (Lipinski definition) is 0. The van der Waals surface area contributed by atoms with E-state index in [0.717, 1.165) is 0 Å². The highest BCUT2D eigenvalue weighted by atomic mass is 14.9. The SMILES string of the molecule is C/C=C\c1c[n+](C)ccc1CCC. The molecule has 0 spiro atoms. The van der Waals surface area contributed by atoms with Crippen LogP contribution in [-0.2, 0) is 13.5 Å². The molecule has 1 aromatic heterocycles. The molecule has 1 aromatic rings. The quantitative estimate of drug-likeness (QED) is 0.623. The van der Waals surface area contributed by atoms with E-state index >= 15 is 0 Å². The topological polar surface area (TPSA) is 3.88 Å². The Hall–Kier alpha value is -1.11. The molecule has 0 fully saturated rings. The monoisotopic (exact) mass is 176 g/mol. The standard InChI is InChI=1S/C12H18N/c1-4-6-11-8-9-13(3)10-12(11)7-5-2/h5,7-10H,4,6H2,1-3H3/q+1/b7-5-. The Balaban J connectivity index is 3.03. The minimum Gasteiger partial charge on any atom is -0.207 e. The first-order chi connectivity index (χ1) is 6.27. The number of allylic oxidation sites excluding steroid dienone is 1. The number of pyridine rings is 1. The van der Waals surface area contributed by atoms with Crippen LogP contribution < -0.4 is 4.57 Å². The van der Waals surface area contributed by atoms with Crippen molar-refractivity contribution >= 4 is 6.08 Å². The van der Waals surface area contributed by atoms with Gasteiger partial charge in [0.15, 0.2) is 12.4 Å². The van der Waals surface area contributed by atoms with Gasteiger partial charge in [0.2, 0.25) is 0 Å². The number of aryl methyl sites for hydroxylation is 2. The minimum absolute atomic E-state index is 1.17. The predicted molar refractivity (Wildman–Crippen MR) is 56.3 cm³/mol. The van der Waals surface area contributed by atoms with Crippen LogP contribution >= 0.6 is 0 Å².